The molecule has 0 saturated carbocycles. The summed E-state index contributed by atoms with van der Waals surface area (Å²) in [5.41, 5.74) is 0.932. The fourth-order valence-corrected chi connectivity index (χ4v) is 1.50. The molecule has 1 aromatic heterocycles. The van der Waals surface area contributed by atoms with Gasteiger partial charge in [-0.1, -0.05) is 13.3 Å². The van der Waals surface area contributed by atoms with E-state index in [9.17, 15) is 4.79 Å². The van der Waals surface area contributed by atoms with E-state index >= 15 is 0 Å². The topological polar surface area (TPSA) is 58.5 Å². The van der Waals surface area contributed by atoms with Crippen LogP contribution >= 0.6 is 0 Å². The predicted molar refractivity (Wildman–Crippen MR) is 56.5 cm³/mol. The van der Waals surface area contributed by atoms with Crippen molar-refractivity contribution in [3.05, 3.63) is 18.6 Å². The number of rotatable bonds is 3. The SMILES string of the molecule is CCCC1=NN(c2ccncn2)C(=O)C1. The van der Waals surface area contributed by atoms with Gasteiger partial charge in [0.2, 0.25) is 0 Å². The van der Waals surface area contributed by atoms with Crippen LogP contribution in [0.15, 0.2) is 23.7 Å². The Morgan fingerprint density at radius 3 is 3.07 bits per heavy atom. The Hall–Kier alpha value is -1.78. The predicted octanol–water partition coefficient (Wildman–Crippen LogP) is 1.37. The van der Waals surface area contributed by atoms with E-state index in [-0.39, 0.29) is 5.91 Å². The minimum atomic E-state index is -0.0165. The lowest BCUT2D eigenvalue weighted by Gasteiger charge is -2.08. The maximum atomic E-state index is 11.6. The van der Waals surface area contributed by atoms with Gasteiger partial charge in [0.25, 0.3) is 5.91 Å². The number of nitrogens with zero attached hydrogens (tertiary/aromatic N) is 4. The Morgan fingerprint density at radius 1 is 1.53 bits per heavy atom. The zero-order chi connectivity index (χ0) is 10.7. The summed E-state index contributed by atoms with van der Waals surface area (Å²) < 4.78 is 0. The summed E-state index contributed by atoms with van der Waals surface area (Å²) in [4.78, 5) is 19.4. The lowest BCUT2D eigenvalue weighted by Crippen LogP contribution is -2.20. The van der Waals surface area contributed by atoms with Crippen LogP contribution in [0.5, 0.6) is 0 Å². The van der Waals surface area contributed by atoms with Crippen LogP contribution < -0.4 is 5.01 Å². The van der Waals surface area contributed by atoms with Gasteiger partial charge >= 0.3 is 0 Å². The van der Waals surface area contributed by atoms with Crippen LogP contribution in [0, 0.1) is 0 Å². The van der Waals surface area contributed by atoms with Gasteiger partial charge in [-0.15, -0.1) is 0 Å². The highest BCUT2D eigenvalue weighted by Crippen LogP contribution is 2.18. The lowest BCUT2D eigenvalue weighted by atomic mass is 10.2. The zero-order valence-corrected chi connectivity index (χ0v) is 8.55. The second-order valence-corrected chi connectivity index (χ2v) is 3.37. The van der Waals surface area contributed by atoms with Crippen LogP contribution in [0.3, 0.4) is 0 Å². The Balaban J connectivity index is 2.20. The van der Waals surface area contributed by atoms with E-state index in [4.69, 9.17) is 0 Å². The number of hydrazone groups is 1. The molecule has 1 aliphatic rings. The normalized spacial score (nSPS) is 15.7. The quantitative estimate of drug-likeness (QED) is 0.747. The van der Waals surface area contributed by atoms with Crippen molar-refractivity contribution in [2.75, 3.05) is 5.01 Å². The molecule has 0 aliphatic carbocycles. The number of carbonyl (C=O) groups is 1. The molecule has 5 nitrogen and oxygen atoms in total. The summed E-state index contributed by atoms with van der Waals surface area (Å²) in [6, 6.07) is 1.68. The van der Waals surface area contributed by atoms with E-state index in [2.05, 4.69) is 22.0 Å². The number of anilines is 1. The first-order chi connectivity index (χ1) is 7.31. The van der Waals surface area contributed by atoms with Crippen molar-refractivity contribution < 1.29 is 4.79 Å². The molecule has 2 heterocycles. The molecule has 0 fully saturated rings. The number of aromatic nitrogens is 2. The second-order valence-electron chi connectivity index (χ2n) is 3.37. The Morgan fingerprint density at radius 2 is 2.40 bits per heavy atom. The van der Waals surface area contributed by atoms with Gasteiger partial charge in [-0.05, 0) is 6.42 Å². The summed E-state index contributed by atoms with van der Waals surface area (Å²) in [5, 5.41) is 5.59. The fraction of sp³-hybridized carbons (Fsp3) is 0.400. The molecule has 0 atom stereocenters. The molecule has 0 saturated heterocycles. The van der Waals surface area contributed by atoms with Crippen molar-refractivity contribution in [1.82, 2.24) is 9.97 Å². The summed E-state index contributed by atoms with van der Waals surface area (Å²) in [6.45, 7) is 2.07. The molecule has 78 valence electrons. The first kappa shape index (κ1) is 9.76. The second kappa shape index (κ2) is 4.16. The highest BCUT2D eigenvalue weighted by atomic mass is 16.2. The summed E-state index contributed by atoms with van der Waals surface area (Å²) >= 11 is 0. The van der Waals surface area contributed by atoms with Gasteiger partial charge in [0.1, 0.15) is 6.33 Å². The molecule has 1 aromatic rings. The van der Waals surface area contributed by atoms with Crippen LogP contribution in [0.25, 0.3) is 0 Å². The van der Waals surface area contributed by atoms with Gasteiger partial charge in [-0.2, -0.15) is 10.1 Å². The van der Waals surface area contributed by atoms with Crippen molar-refractivity contribution in [2.24, 2.45) is 5.10 Å². The van der Waals surface area contributed by atoms with E-state index in [0.717, 1.165) is 18.6 Å². The molecule has 0 bridgehead atoms. The van der Waals surface area contributed by atoms with E-state index in [1.54, 1.807) is 12.3 Å². The Bertz CT molecular complexity index is 388. The van der Waals surface area contributed by atoms with Crippen molar-refractivity contribution in [2.45, 2.75) is 26.2 Å². The maximum absolute atomic E-state index is 11.6. The molecule has 1 aliphatic heterocycles. The smallest absolute Gasteiger partial charge is 0.254 e. The average molecular weight is 204 g/mol. The van der Waals surface area contributed by atoms with Gasteiger partial charge < -0.3 is 0 Å². The molecule has 2 rings (SSSR count). The fourth-order valence-electron chi connectivity index (χ4n) is 1.50. The summed E-state index contributed by atoms with van der Waals surface area (Å²) in [5.74, 6) is 0.526. The summed E-state index contributed by atoms with van der Waals surface area (Å²) in [7, 11) is 0. The maximum Gasteiger partial charge on any atom is 0.254 e. The van der Waals surface area contributed by atoms with Crippen molar-refractivity contribution in [3.8, 4) is 0 Å². The molecule has 1 amide bonds. The minimum absolute atomic E-state index is 0.0165. The van der Waals surface area contributed by atoms with Gasteiger partial charge in [0.05, 0.1) is 6.42 Å². The Kier molecular flexibility index (Phi) is 2.71. The van der Waals surface area contributed by atoms with E-state index in [1.807, 2.05) is 0 Å². The number of carbonyl (C=O) groups excluding carboxylic acids is 1. The van der Waals surface area contributed by atoms with Gasteiger partial charge in [-0.25, -0.2) is 9.97 Å². The summed E-state index contributed by atoms with van der Waals surface area (Å²) in [6.07, 6.45) is 5.30. The highest BCUT2D eigenvalue weighted by molar-refractivity contribution is 6.12. The third-order valence-corrected chi connectivity index (χ3v) is 2.15. The van der Waals surface area contributed by atoms with Gasteiger partial charge in [0.15, 0.2) is 5.82 Å². The van der Waals surface area contributed by atoms with E-state index < -0.39 is 0 Å². The molecular formula is C10H12N4O. The molecule has 0 aromatic carbocycles. The first-order valence-corrected chi connectivity index (χ1v) is 4.96. The average Bonchev–Trinajstić information content (AvgIpc) is 2.61. The van der Waals surface area contributed by atoms with Crippen molar-refractivity contribution in [3.63, 3.8) is 0 Å². The van der Waals surface area contributed by atoms with Crippen LogP contribution in [0.1, 0.15) is 26.2 Å². The van der Waals surface area contributed by atoms with Crippen LogP contribution in [0.2, 0.25) is 0 Å². The first-order valence-electron chi connectivity index (χ1n) is 4.96. The highest BCUT2D eigenvalue weighted by Gasteiger charge is 2.25. The lowest BCUT2D eigenvalue weighted by molar-refractivity contribution is -0.116. The minimum Gasteiger partial charge on any atom is -0.272 e. The van der Waals surface area contributed by atoms with Gasteiger partial charge in [0, 0.05) is 18.0 Å². The number of hydrogen-bond acceptors (Lipinski definition) is 4. The van der Waals surface area contributed by atoms with Crippen LogP contribution in [-0.4, -0.2) is 21.6 Å². The largest absolute Gasteiger partial charge is 0.272 e. The van der Waals surface area contributed by atoms with Crippen LogP contribution in [0.4, 0.5) is 5.82 Å². The Labute approximate surface area is 87.8 Å². The molecule has 5 heteroatoms. The zero-order valence-electron chi connectivity index (χ0n) is 8.55. The third kappa shape index (κ3) is 2.01. The van der Waals surface area contributed by atoms with Crippen molar-refractivity contribution >= 4 is 17.4 Å². The molecule has 0 spiro atoms. The monoisotopic (exact) mass is 204 g/mol. The third-order valence-electron chi connectivity index (χ3n) is 2.15. The molecule has 0 unspecified atom stereocenters. The van der Waals surface area contributed by atoms with Gasteiger partial charge in [-0.3, -0.25) is 4.79 Å². The standard InChI is InChI=1S/C10H12N4O/c1-2-3-8-6-10(15)14(13-8)9-4-5-11-7-12-9/h4-5,7H,2-3,6H2,1H3. The number of hydrogen-bond donors (Lipinski definition) is 0. The molecular weight excluding hydrogens is 192 g/mol. The van der Waals surface area contributed by atoms with Crippen LogP contribution in [-0.2, 0) is 4.79 Å². The van der Waals surface area contributed by atoms with E-state index in [1.165, 1.54) is 11.3 Å². The van der Waals surface area contributed by atoms with E-state index in [0.29, 0.717) is 12.2 Å². The number of amides is 1. The molecule has 0 N–H and O–H groups in total. The van der Waals surface area contributed by atoms with Crippen molar-refractivity contribution in [1.29, 1.82) is 0 Å². The molecule has 15 heavy (non-hydrogen) atoms. The molecule has 0 radical (unpaired) electrons.